The molecule has 8 nitrogen and oxygen atoms in total. The van der Waals surface area contributed by atoms with E-state index in [1.807, 2.05) is 0 Å². The van der Waals surface area contributed by atoms with Crippen molar-refractivity contribution in [3.63, 3.8) is 0 Å². The van der Waals surface area contributed by atoms with Gasteiger partial charge in [0.15, 0.2) is 23.0 Å². The Labute approximate surface area is 227 Å². The number of ether oxygens (including phenoxy) is 2. The van der Waals surface area contributed by atoms with E-state index in [1.165, 1.54) is 40.8 Å². The van der Waals surface area contributed by atoms with E-state index >= 15 is 4.39 Å². The summed E-state index contributed by atoms with van der Waals surface area (Å²) >= 11 is 0. The summed E-state index contributed by atoms with van der Waals surface area (Å²) in [5.41, 5.74) is 6.55. The first-order valence-corrected chi connectivity index (χ1v) is 11.4. The van der Waals surface area contributed by atoms with Gasteiger partial charge in [0.25, 0.3) is 0 Å². The van der Waals surface area contributed by atoms with E-state index in [1.54, 1.807) is 18.2 Å². The van der Waals surface area contributed by atoms with Gasteiger partial charge in [0.05, 0.1) is 6.61 Å². The van der Waals surface area contributed by atoms with Crippen LogP contribution in [-0.2, 0) is 4.74 Å². The van der Waals surface area contributed by atoms with E-state index < -0.39 is 18.0 Å². The van der Waals surface area contributed by atoms with Gasteiger partial charge in [0, 0.05) is 37.8 Å². The number of benzene rings is 1. The quantitative estimate of drug-likeness (QED) is 0.254. The van der Waals surface area contributed by atoms with Crippen LogP contribution in [0.1, 0.15) is 18.0 Å². The molecule has 1 aliphatic rings. The Balaban J connectivity index is 0.00000200. The predicted octanol–water partition coefficient (Wildman–Crippen LogP) is 4.59. The Hall–Kier alpha value is -2.77. The van der Waals surface area contributed by atoms with Gasteiger partial charge in [-0.2, -0.15) is 13.2 Å². The van der Waals surface area contributed by atoms with Crippen LogP contribution in [0.3, 0.4) is 0 Å². The molecule has 0 amide bonds. The van der Waals surface area contributed by atoms with Crippen molar-refractivity contribution in [2.75, 3.05) is 33.4 Å². The van der Waals surface area contributed by atoms with Gasteiger partial charge in [-0.3, -0.25) is 9.30 Å². The summed E-state index contributed by atoms with van der Waals surface area (Å²) in [5, 5.41) is 8.72. The molecule has 38 heavy (non-hydrogen) atoms. The van der Waals surface area contributed by atoms with E-state index in [0.29, 0.717) is 24.1 Å². The highest BCUT2D eigenvalue weighted by Gasteiger charge is 2.46. The number of pyridine rings is 2. The lowest BCUT2D eigenvalue weighted by Gasteiger charge is -2.30. The molecule has 1 saturated heterocycles. The van der Waals surface area contributed by atoms with Gasteiger partial charge in [-0.1, -0.05) is 12.1 Å². The van der Waals surface area contributed by atoms with E-state index in [9.17, 15) is 13.2 Å². The molecule has 2 N–H and O–H groups in total. The van der Waals surface area contributed by atoms with Crippen LogP contribution in [0.5, 0.6) is 5.75 Å². The zero-order valence-corrected chi connectivity index (χ0v) is 21.8. The second kappa shape index (κ2) is 12.0. The normalized spacial score (nSPS) is 16.8. The van der Waals surface area contributed by atoms with Crippen LogP contribution in [-0.4, -0.2) is 70.1 Å². The molecule has 0 bridgehead atoms. The standard InChI is InChI=1S/C24H24F4N6O2.2ClH/c1-35-10-11-36-18-6-3-14-2-5-17(30-21(14)20(18)25)23-32-31-19-7-4-15(12-34(19)23)22(24(26,27)28)33-9-8-16(29)13-33;;/h2-7,12,16,22H,8-11,13,29H2,1H3;2*1H/t16-,22+;;/m0../s1. The van der Waals surface area contributed by atoms with Crippen LogP contribution in [0.2, 0.25) is 0 Å². The largest absolute Gasteiger partial charge is 0.488 e. The third-order valence-electron chi connectivity index (χ3n) is 6.21. The van der Waals surface area contributed by atoms with Crippen molar-refractivity contribution in [2.24, 2.45) is 5.73 Å². The van der Waals surface area contributed by atoms with Gasteiger partial charge in [-0.25, -0.2) is 9.37 Å². The lowest BCUT2D eigenvalue weighted by atomic mass is 10.1. The molecule has 1 aromatic carbocycles. The number of halogens is 6. The van der Waals surface area contributed by atoms with E-state index in [-0.39, 0.29) is 78.9 Å². The van der Waals surface area contributed by atoms with Crippen LogP contribution in [0.15, 0.2) is 42.6 Å². The summed E-state index contributed by atoms with van der Waals surface area (Å²) in [5.74, 6) is -0.435. The van der Waals surface area contributed by atoms with Gasteiger partial charge >= 0.3 is 6.18 Å². The van der Waals surface area contributed by atoms with Crippen molar-refractivity contribution in [1.82, 2.24) is 24.5 Å². The van der Waals surface area contributed by atoms with Crippen LogP contribution in [0.25, 0.3) is 28.1 Å². The number of aromatic nitrogens is 4. The molecule has 14 heteroatoms. The van der Waals surface area contributed by atoms with E-state index in [2.05, 4.69) is 15.2 Å². The zero-order chi connectivity index (χ0) is 25.4. The maximum Gasteiger partial charge on any atom is 0.408 e. The molecule has 0 spiro atoms. The van der Waals surface area contributed by atoms with Crippen molar-refractivity contribution in [2.45, 2.75) is 24.7 Å². The van der Waals surface area contributed by atoms with Crippen molar-refractivity contribution in [3.05, 3.63) is 54.0 Å². The van der Waals surface area contributed by atoms with Crippen LogP contribution in [0, 0.1) is 5.82 Å². The molecule has 4 heterocycles. The minimum atomic E-state index is -4.50. The number of rotatable bonds is 7. The number of hydrogen-bond acceptors (Lipinski definition) is 7. The number of fused-ring (bicyclic) bond motifs is 2. The molecule has 0 unspecified atom stereocenters. The molecular formula is C24H26Cl2F4N6O2. The lowest BCUT2D eigenvalue weighted by molar-refractivity contribution is -0.183. The Bertz CT molecular complexity index is 1400. The first-order valence-electron chi connectivity index (χ1n) is 11.4. The molecule has 1 fully saturated rings. The number of methoxy groups -OCH3 is 1. The summed E-state index contributed by atoms with van der Waals surface area (Å²) in [6, 6.07) is 7.22. The Morgan fingerprint density at radius 1 is 1.08 bits per heavy atom. The van der Waals surface area contributed by atoms with Crippen molar-refractivity contribution < 1.29 is 27.0 Å². The molecule has 5 rings (SSSR count). The van der Waals surface area contributed by atoms with Crippen molar-refractivity contribution in [3.8, 4) is 17.3 Å². The highest BCUT2D eigenvalue weighted by molar-refractivity contribution is 5.85. The second-order valence-electron chi connectivity index (χ2n) is 8.69. The Morgan fingerprint density at radius 2 is 1.84 bits per heavy atom. The van der Waals surface area contributed by atoms with Crippen molar-refractivity contribution in [1.29, 1.82) is 0 Å². The maximum absolute atomic E-state index is 15.1. The summed E-state index contributed by atoms with van der Waals surface area (Å²) in [6.45, 7) is 0.857. The lowest BCUT2D eigenvalue weighted by Crippen LogP contribution is -2.38. The minimum Gasteiger partial charge on any atom is -0.488 e. The van der Waals surface area contributed by atoms with Crippen LogP contribution in [0.4, 0.5) is 17.6 Å². The fourth-order valence-corrected chi connectivity index (χ4v) is 4.51. The van der Waals surface area contributed by atoms with Crippen molar-refractivity contribution >= 4 is 41.4 Å². The first kappa shape index (κ1) is 29.8. The van der Waals surface area contributed by atoms with Gasteiger partial charge in [0.1, 0.15) is 23.9 Å². The maximum atomic E-state index is 15.1. The topological polar surface area (TPSA) is 90.8 Å². The average molecular weight is 577 g/mol. The van der Waals surface area contributed by atoms with Crippen LogP contribution < -0.4 is 10.5 Å². The molecule has 0 radical (unpaired) electrons. The predicted molar refractivity (Wildman–Crippen MR) is 139 cm³/mol. The smallest absolute Gasteiger partial charge is 0.408 e. The third-order valence-corrected chi connectivity index (χ3v) is 6.21. The van der Waals surface area contributed by atoms with Gasteiger partial charge in [0.2, 0.25) is 0 Å². The molecule has 1 aliphatic heterocycles. The first-order chi connectivity index (χ1) is 17.3. The zero-order valence-electron chi connectivity index (χ0n) is 20.2. The number of hydrogen-bond donors (Lipinski definition) is 1. The summed E-state index contributed by atoms with van der Waals surface area (Å²) < 4.78 is 69.2. The average Bonchev–Trinajstić information content (AvgIpc) is 3.46. The minimum absolute atomic E-state index is 0. The summed E-state index contributed by atoms with van der Waals surface area (Å²) in [7, 11) is 1.51. The van der Waals surface area contributed by atoms with E-state index in [0.717, 1.165) is 0 Å². The molecule has 2 atom stereocenters. The molecule has 206 valence electrons. The second-order valence-corrected chi connectivity index (χ2v) is 8.69. The monoisotopic (exact) mass is 576 g/mol. The highest BCUT2D eigenvalue weighted by atomic mass is 35.5. The molecule has 3 aromatic heterocycles. The SMILES string of the molecule is COCCOc1ccc2ccc(-c3nnc4ccc([C@@H](N5CC[C@H](N)C5)C(F)(F)F)cn34)nc2c1F.Cl.Cl. The highest BCUT2D eigenvalue weighted by Crippen LogP contribution is 2.39. The molecule has 0 aliphatic carbocycles. The fraction of sp³-hybridized carbons (Fsp3) is 0.375. The number of nitrogens with zero attached hydrogens (tertiary/aromatic N) is 5. The summed E-state index contributed by atoms with van der Waals surface area (Å²) in [4.78, 5) is 5.75. The number of alkyl halides is 3. The number of likely N-dealkylation sites (tertiary alicyclic amines) is 1. The van der Waals surface area contributed by atoms with Gasteiger partial charge < -0.3 is 15.2 Å². The Morgan fingerprint density at radius 3 is 2.53 bits per heavy atom. The fourth-order valence-electron chi connectivity index (χ4n) is 4.51. The Kier molecular flexibility index (Phi) is 9.37. The summed E-state index contributed by atoms with van der Waals surface area (Å²) in [6.07, 6.45) is -2.65. The van der Waals surface area contributed by atoms with Gasteiger partial charge in [-0.15, -0.1) is 35.0 Å². The third kappa shape index (κ3) is 5.79. The molecule has 0 saturated carbocycles. The number of nitrogens with two attached hydrogens (primary N) is 1. The van der Waals surface area contributed by atoms with E-state index in [4.69, 9.17) is 15.2 Å². The molecular weight excluding hydrogens is 551 g/mol. The van der Waals surface area contributed by atoms with Gasteiger partial charge in [-0.05, 0) is 36.2 Å². The van der Waals surface area contributed by atoms with Crippen LogP contribution >= 0.6 is 24.8 Å². The molecule has 4 aromatic rings.